The van der Waals surface area contributed by atoms with Gasteiger partial charge < -0.3 is 21.5 Å². The van der Waals surface area contributed by atoms with Crippen LogP contribution in [0.4, 0.5) is 11.6 Å². The molecule has 0 spiro atoms. The topological polar surface area (TPSA) is 109 Å². The fourth-order valence-corrected chi connectivity index (χ4v) is 5.19. The minimum atomic E-state index is -0.887. The smallest absolute Gasteiger partial charge is 0.223 e. The first-order valence-electron chi connectivity index (χ1n) is 10.6. The zero-order valence-corrected chi connectivity index (χ0v) is 18.2. The lowest BCUT2D eigenvalue weighted by Gasteiger charge is -2.29. The standard InChI is InChI=1S/C23H26N6OS/c1-13-9-15(10-14-5-4-8-25-20(13)14)27-22(30)16-12-31-19-11-26-23(29-21(16)19)28-18-7-3-2-6-17(18)24/h4-5,8-12,17-18,22,27,30H,2-3,6-7,24H2,1H3,(H,26,28,29). The molecular formula is C23H26N6OS. The van der Waals surface area contributed by atoms with Gasteiger partial charge in [-0.1, -0.05) is 18.9 Å². The lowest BCUT2D eigenvalue weighted by atomic mass is 9.91. The predicted molar refractivity (Wildman–Crippen MR) is 126 cm³/mol. The van der Waals surface area contributed by atoms with Crippen LogP contribution in [0, 0.1) is 6.92 Å². The van der Waals surface area contributed by atoms with E-state index in [1.807, 2.05) is 42.8 Å². The van der Waals surface area contributed by atoms with Crippen LogP contribution in [0.15, 0.2) is 42.0 Å². The first kappa shape index (κ1) is 20.1. The number of rotatable bonds is 5. The summed E-state index contributed by atoms with van der Waals surface area (Å²) in [6, 6.07) is 8.24. The molecule has 0 saturated heterocycles. The maximum atomic E-state index is 11.0. The molecule has 3 unspecified atom stereocenters. The largest absolute Gasteiger partial charge is 0.369 e. The lowest BCUT2D eigenvalue weighted by Crippen LogP contribution is -2.42. The minimum absolute atomic E-state index is 0.118. The first-order chi connectivity index (χ1) is 15.1. The number of hydrogen-bond donors (Lipinski definition) is 4. The molecule has 0 aliphatic heterocycles. The maximum Gasteiger partial charge on any atom is 0.223 e. The molecule has 3 aromatic heterocycles. The molecule has 3 atom stereocenters. The van der Waals surface area contributed by atoms with Crippen molar-refractivity contribution in [1.29, 1.82) is 0 Å². The van der Waals surface area contributed by atoms with Crippen molar-refractivity contribution >= 4 is 44.1 Å². The van der Waals surface area contributed by atoms with Crippen LogP contribution in [0.1, 0.15) is 43.0 Å². The number of fused-ring (bicyclic) bond motifs is 2. The third-order valence-electron chi connectivity index (χ3n) is 5.97. The third-order valence-corrected chi connectivity index (χ3v) is 6.89. The quantitative estimate of drug-likeness (QED) is 0.346. The van der Waals surface area contributed by atoms with Gasteiger partial charge in [-0.25, -0.2) is 9.97 Å². The van der Waals surface area contributed by atoms with Crippen molar-refractivity contribution in [1.82, 2.24) is 15.0 Å². The Kier molecular flexibility index (Phi) is 5.43. The van der Waals surface area contributed by atoms with Crippen LogP contribution >= 0.6 is 11.3 Å². The van der Waals surface area contributed by atoms with Crippen LogP contribution in [-0.2, 0) is 0 Å². The van der Waals surface area contributed by atoms with E-state index in [9.17, 15) is 5.11 Å². The Morgan fingerprint density at radius 3 is 2.94 bits per heavy atom. The van der Waals surface area contributed by atoms with Gasteiger partial charge in [-0.05, 0) is 43.5 Å². The van der Waals surface area contributed by atoms with Crippen molar-refractivity contribution in [3.63, 3.8) is 0 Å². The normalized spacial score (nSPS) is 20.1. The highest BCUT2D eigenvalue weighted by Crippen LogP contribution is 2.31. The number of nitrogens with two attached hydrogens (primary N) is 1. The Morgan fingerprint density at radius 2 is 2.06 bits per heavy atom. The number of anilines is 2. The molecule has 7 nitrogen and oxygen atoms in total. The molecule has 1 aromatic carbocycles. The summed E-state index contributed by atoms with van der Waals surface area (Å²) in [4.78, 5) is 13.6. The third kappa shape index (κ3) is 4.06. The maximum absolute atomic E-state index is 11.0. The van der Waals surface area contributed by atoms with E-state index >= 15 is 0 Å². The predicted octanol–water partition coefficient (Wildman–Crippen LogP) is 4.33. The second-order valence-electron chi connectivity index (χ2n) is 8.21. The molecule has 4 aromatic rings. The van der Waals surface area contributed by atoms with E-state index in [2.05, 4.69) is 20.6 Å². The molecule has 0 bridgehead atoms. The number of aliphatic hydroxyl groups excluding tert-OH is 1. The monoisotopic (exact) mass is 434 g/mol. The molecule has 1 aliphatic rings. The number of nitrogens with one attached hydrogen (secondary N) is 2. The van der Waals surface area contributed by atoms with Crippen LogP contribution in [0.3, 0.4) is 0 Å². The Hall–Kier alpha value is -2.81. The summed E-state index contributed by atoms with van der Waals surface area (Å²) >= 11 is 1.53. The van der Waals surface area contributed by atoms with Crippen molar-refractivity contribution in [2.24, 2.45) is 5.73 Å². The number of benzene rings is 1. The van der Waals surface area contributed by atoms with E-state index in [1.165, 1.54) is 24.2 Å². The molecule has 1 fully saturated rings. The molecule has 8 heteroatoms. The molecule has 1 aliphatic carbocycles. The number of aryl methyl sites for hydroxylation is 1. The van der Waals surface area contributed by atoms with Gasteiger partial charge in [0.25, 0.3) is 0 Å². The molecular weight excluding hydrogens is 408 g/mol. The van der Waals surface area contributed by atoms with Crippen molar-refractivity contribution in [2.75, 3.05) is 10.6 Å². The highest BCUT2D eigenvalue weighted by atomic mass is 32.1. The summed E-state index contributed by atoms with van der Waals surface area (Å²) in [7, 11) is 0. The fourth-order valence-electron chi connectivity index (χ4n) is 4.31. The van der Waals surface area contributed by atoms with Crippen LogP contribution in [0.5, 0.6) is 0 Å². The van der Waals surface area contributed by atoms with Crippen LogP contribution in [0.25, 0.3) is 21.1 Å². The first-order valence-corrected chi connectivity index (χ1v) is 11.5. The SMILES string of the molecule is Cc1cc(NC(O)c2csc3cnc(NC4CCCCC4N)nc23)cc2cccnc12. The molecule has 160 valence electrons. The minimum Gasteiger partial charge on any atom is -0.369 e. The Morgan fingerprint density at radius 1 is 1.19 bits per heavy atom. The van der Waals surface area contributed by atoms with Gasteiger partial charge in [0.2, 0.25) is 5.95 Å². The van der Waals surface area contributed by atoms with Crippen LogP contribution < -0.4 is 16.4 Å². The molecule has 3 heterocycles. The summed E-state index contributed by atoms with van der Waals surface area (Å²) < 4.78 is 0.938. The van der Waals surface area contributed by atoms with Crippen molar-refractivity contribution in [2.45, 2.75) is 50.9 Å². The summed E-state index contributed by atoms with van der Waals surface area (Å²) in [6.07, 6.45) is 7.11. The van der Waals surface area contributed by atoms with Gasteiger partial charge in [0, 0.05) is 40.3 Å². The summed E-state index contributed by atoms with van der Waals surface area (Å²) in [5, 5.41) is 20.5. The molecule has 5 rings (SSSR count). The summed E-state index contributed by atoms with van der Waals surface area (Å²) in [6.45, 7) is 2.02. The molecule has 1 saturated carbocycles. The van der Waals surface area contributed by atoms with Gasteiger partial charge in [-0.2, -0.15) is 0 Å². The number of aliphatic hydroxyl groups is 1. The van der Waals surface area contributed by atoms with Gasteiger partial charge in [0.1, 0.15) is 0 Å². The second kappa shape index (κ2) is 8.37. The number of thiophene rings is 1. The average Bonchev–Trinajstić information content (AvgIpc) is 3.19. The van der Waals surface area contributed by atoms with Crippen LogP contribution in [-0.4, -0.2) is 32.1 Å². The van der Waals surface area contributed by atoms with Crippen LogP contribution in [0.2, 0.25) is 0 Å². The van der Waals surface area contributed by atoms with E-state index in [0.29, 0.717) is 5.95 Å². The molecule has 0 radical (unpaired) electrons. The molecule has 0 amide bonds. The van der Waals surface area contributed by atoms with E-state index < -0.39 is 6.23 Å². The fraction of sp³-hybridized carbons (Fsp3) is 0.348. The summed E-state index contributed by atoms with van der Waals surface area (Å²) in [5.74, 6) is 0.564. The van der Waals surface area contributed by atoms with Crippen molar-refractivity contribution in [3.8, 4) is 0 Å². The van der Waals surface area contributed by atoms with E-state index in [1.54, 1.807) is 6.20 Å². The Balaban J connectivity index is 1.40. The van der Waals surface area contributed by atoms with Gasteiger partial charge in [-0.15, -0.1) is 11.3 Å². The van der Waals surface area contributed by atoms with Crippen molar-refractivity contribution in [3.05, 3.63) is 53.2 Å². The second-order valence-corrected chi connectivity index (χ2v) is 9.12. The zero-order chi connectivity index (χ0) is 21.4. The van der Waals surface area contributed by atoms with Gasteiger partial charge >= 0.3 is 0 Å². The van der Waals surface area contributed by atoms with E-state index in [-0.39, 0.29) is 12.1 Å². The zero-order valence-electron chi connectivity index (χ0n) is 17.4. The Bertz CT molecular complexity index is 1230. The van der Waals surface area contributed by atoms with E-state index in [4.69, 9.17) is 10.7 Å². The van der Waals surface area contributed by atoms with Gasteiger partial charge in [-0.3, -0.25) is 4.98 Å². The van der Waals surface area contributed by atoms with Gasteiger partial charge in [0.15, 0.2) is 6.23 Å². The Labute approximate surface area is 184 Å². The number of pyridine rings is 1. The number of aromatic nitrogens is 3. The van der Waals surface area contributed by atoms with Crippen molar-refractivity contribution < 1.29 is 5.11 Å². The highest BCUT2D eigenvalue weighted by Gasteiger charge is 2.23. The number of hydrogen-bond acceptors (Lipinski definition) is 8. The molecule has 5 N–H and O–H groups in total. The average molecular weight is 435 g/mol. The highest BCUT2D eigenvalue weighted by molar-refractivity contribution is 7.17. The number of nitrogens with zero attached hydrogens (tertiary/aromatic N) is 3. The van der Waals surface area contributed by atoms with Gasteiger partial charge in [0.05, 0.1) is 21.9 Å². The van der Waals surface area contributed by atoms with E-state index in [0.717, 1.165) is 50.8 Å². The lowest BCUT2D eigenvalue weighted by molar-refractivity contribution is 0.210. The summed E-state index contributed by atoms with van der Waals surface area (Å²) in [5.41, 5.74) is 10.6. The molecule has 31 heavy (non-hydrogen) atoms.